The molecular weight excluding hydrogens is 308 g/mol. The maximum atomic E-state index is 6.19. The van der Waals surface area contributed by atoms with Gasteiger partial charge < -0.3 is 14.8 Å². The summed E-state index contributed by atoms with van der Waals surface area (Å²) < 4.78 is 10.5. The van der Waals surface area contributed by atoms with E-state index in [-0.39, 0.29) is 0 Å². The van der Waals surface area contributed by atoms with E-state index in [0.717, 1.165) is 23.5 Å². The van der Waals surface area contributed by atoms with Gasteiger partial charge in [-0.3, -0.25) is 0 Å². The van der Waals surface area contributed by atoms with Gasteiger partial charge in [0.25, 0.3) is 0 Å². The molecule has 0 spiro atoms. The van der Waals surface area contributed by atoms with Crippen molar-refractivity contribution in [3.8, 4) is 11.5 Å². The fourth-order valence-corrected chi connectivity index (χ4v) is 3.12. The van der Waals surface area contributed by atoms with Crippen LogP contribution < -0.4 is 14.8 Å². The van der Waals surface area contributed by atoms with Crippen molar-refractivity contribution in [3.05, 3.63) is 38.8 Å². The topological polar surface area (TPSA) is 43.4 Å². The molecule has 0 aliphatic heterocycles. The highest BCUT2D eigenvalue weighted by atomic mass is 35.5. The van der Waals surface area contributed by atoms with Gasteiger partial charge in [-0.15, -0.1) is 11.3 Å². The van der Waals surface area contributed by atoms with Gasteiger partial charge in [-0.1, -0.05) is 18.5 Å². The Balaban J connectivity index is 1.98. The maximum absolute atomic E-state index is 6.19. The third kappa shape index (κ3) is 4.09. The second-order valence-electron chi connectivity index (χ2n) is 4.49. The Kier molecular flexibility index (Phi) is 5.85. The highest BCUT2D eigenvalue weighted by molar-refractivity contribution is 7.11. The molecule has 0 atom stereocenters. The van der Waals surface area contributed by atoms with E-state index < -0.39 is 0 Å². The first-order valence-corrected chi connectivity index (χ1v) is 7.92. The van der Waals surface area contributed by atoms with Crippen molar-refractivity contribution in [2.45, 2.75) is 26.4 Å². The molecule has 0 aliphatic rings. The number of nitrogens with one attached hydrogen (secondary N) is 1. The minimum Gasteiger partial charge on any atom is -0.493 e. The molecule has 0 unspecified atom stereocenters. The predicted molar refractivity (Wildman–Crippen MR) is 86.6 cm³/mol. The van der Waals surface area contributed by atoms with Crippen molar-refractivity contribution in [3.63, 3.8) is 0 Å². The van der Waals surface area contributed by atoms with Crippen LogP contribution >= 0.6 is 22.9 Å². The summed E-state index contributed by atoms with van der Waals surface area (Å²) >= 11 is 7.93. The lowest BCUT2D eigenvalue weighted by atomic mass is 10.2. The number of benzene rings is 1. The lowest BCUT2D eigenvalue weighted by Crippen LogP contribution is -2.12. The van der Waals surface area contributed by atoms with E-state index in [2.05, 4.69) is 17.2 Å². The molecule has 0 amide bonds. The van der Waals surface area contributed by atoms with Gasteiger partial charge >= 0.3 is 0 Å². The second kappa shape index (κ2) is 7.64. The molecule has 4 nitrogen and oxygen atoms in total. The summed E-state index contributed by atoms with van der Waals surface area (Å²) in [4.78, 5) is 5.69. The van der Waals surface area contributed by atoms with Crippen LogP contribution in [-0.2, 0) is 19.5 Å². The third-order valence-electron chi connectivity index (χ3n) is 3.05. The molecular formula is C15H19ClN2O2S. The van der Waals surface area contributed by atoms with Crippen molar-refractivity contribution >= 4 is 22.9 Å². The quantitative estimate of drug-likeness (QED) is 0.843. The van der Waals surface area contributed by atoms with Crippen molar-refractivity contribution in [1.82, 2.24) is 10.3 Å². The van der Waals surface area contributed by atoms with Gasteiger partial charge in [-0.25, -0.2) is 4.98 Å². The number of aromatic nitrogens is 1. The first kappa shape index (κ1) is 16.1. The number of methoxy groups -OCH3 is 2. The molecule has 1 aromatic carbocycles. The number of aryl methyl sites for hydroxylation is 1. The minimum atomic E-state index is 0.552. The standard InChI is InChI=1S/C15H19ClN2O2S/c1-4-11-8-18-14(21-11)9-17-7-10-5-12(16)15(20-3)13(6-10)19-2/h5-6,8,17H,4,7,9H2,1-3H3. The Bertz CT molecular complexity index is 601. The molecule has 114 valence electrons. The largest absolute Gasteiger partial charge is 0.493 e. The summed E-state index contributed by atoms with van der Waals surface area (Å²) in [5, 5.41) is 5.01. The summed E-state index contributed by atoms with van der Waals surface area (Å²) in [7, 11) is 3.18. The van der Waals surface area contributed by atoms with E-state index in [1.54, 1.807) is 25.6 Å². The van der Waals surface area contributed by atoms with Crippen molar-refractivity contribution in [1.29, 1.82) is 0 Å². The van der Waals surface area contributed by atoms with Crippen LogP contribution in [0.5, 0.6) is 11.5 Å². The molecule has 2 aromatic rings. The van der Waals surface area contributed by atoms with Gasteiger partial charge in [-0.05, 0) is 24.1 Å². The second-order valence-corrected chi connectivity index (χ2v) is 6.10. The Morgan fingerprint density at radius 3 is 2.67 bits per heavy atom. The number of thiazole rings is 1. The molecule has 0 radical (unpaired) electrons. The maximum Gasteiger partial charge on any atom is 0.179 e. The Labute approximate surface area is 134 Å². The van der Waals surface area contributed by atoms with Gasteiger partial charge in [0.1, 0.15) is 5.01 Å². The summed E-state index contributed by atoms with van der Waals surface area (Å²) in [6.07, 6.45) is 2.97. The third-order valence-corrected chi connectivity index (χ3v) is 4.47. The number of ether oxygens (including phenoxy) is 2. The minimum absolute atomic E-state index is 0.552. The van der Waals surface area contributed by atoms with Crippen LogP contribution in [0.3, 0.4) is 0 Å². The highest BCUT2D eigenvalue weighted by Crippen LogP contribution is 2.35. The van der Waals surface area contributed by atoms with E-state index in [0.29, 0.717) is 23.1 Å². The highest BCUT2D eigenvalue weighted by Gasteiger charge is 2.10. The smallest absolute Gasteiger partial charge is 0.179 e. The zero-order valence-corrected chi connectivity index (χ0v) is 14.0. The van der Waals surface area contributed by atoms with Gasteiger partial charge in [0.15, 0.2) is 11.5 Å². The van der Waals surface area contributed by atoms with Crippen molar-refractivity contribution < 1.29 is 9.47 Å². The van der Waals surface area contributed by atoms with Gasteiger partial charge in [-0.2, -0.15) is 0 Å². The summed E-state index contributed by atoms with van der Waals surface area (Å²) in [5.74, 6) is 1.21. The van der Waals surface area contributed by atoms with Gasteiger partial charge in [0.05, 0.1) is 19.2 Å². The van der Waals surface area contributed by atoms with Crippen molar-refractivity contribution in [2.75, 3.05) is 14.2 Å². The van der Waals surface area contributed by atoms with Crippen LogP contribution in [-0.4, -0.2) is 19.2 Å². The molecule has 1 heterocycles. The van der Waals surface area contributed by atoms with E-state index >= 15 is 0 Å². The SMILES string of the molecule is CCc1cnc(CNCc2cc(Cl)c(OC)c(OC)c2)s1. The van der Waals surface area contributed by atoms with Crippen LogP contribution in [0.2, 0.25) is 5.02 Å². The number of hydrogen-bond donors (Lipinski definition) is 1. The van der Waals surface area contributed by atoms with Crippen LogP contribution in [0.4, 0.5) is 0 Å². The van der Waals surface area contributed by atoms with E-state index in [1.165, 1.54) is 4.88 Å². The Morgan fingerprint density at radius 2 is 2.05 bits per heavy atom. The first-order valence-electron chi connectivity index (χ1n) is 6.72. The number of hydrogen-bond acceptors (Lipinski definition) is 5. The molecule has 0 aliphatic carbocycles. The molecule has 1 aromatic heterocycles. The lowest BCUT2D eigenvalue weighted by Gasteiger charge is -2.12. The average Bonchev–Trinajstić information content (AvgIpc) is 2.94. The normalized spacial score (nSPS) is 10.7. The van der Waals surface area contributed by atoms with E-state index in [9.17, 15) is 0 Å². The van der Waals surface area contributed by atoms with Crippen molar-refractivity contribution in [2.24, 2.45) is 0 Å². The zero-order chi connectivity index (χ0) is 15.2. The average molecular weight is 327 g/mol. The molecule has 1 N–H and O–H groups in total. The number of halogens is 1. The molecule has 6 heteroatoms. The number of nitrogens with zero attached hydrogens (tertiary/aromatic N) is 1. The molecule has 0 fully saturated rings. The molecule has 0 saturated heterocycles. The predicted octanol–water partition coefficient (Wildman–Crippen LogP) is 3.67. The number of rotatable bonds is 7. The summed E-state index contributed by atoms with van der Waals surface area (Å²) in [6.45, 7) is 3.58. The fourth-order valence-electron chi connectivity index (χ4n) is 1.98. The van der Waals surface area contributed by atoms with E-state index in [1.807, 2.05) is 18.3 Å². The molecule has 0 bridgehead atoms. The fraction of sp³-hybridized carbons (Fsp3) is 0.400. The van der Waals surface area contributed by atoms with Crippen LogP contribution in [0.15, 0.2) is 18.3 Å². The van der Waals surface area contributed by atoms with Gasteiger partial charge in [0.2, 0.25) is 0 Å². The zero-order valence-electron chi connectivity index (χ0n) is 12.4. The Morgan fingerprint density at radius 1 is 1.24 bits per heavy atom. The molecule has 0 saturated carbocycles. The monoisotopic (exact) mass is 326 g/mol. The van der Waals surface area contributed by atoms with Crippen LogP contribution in [0, 0.1) is 0 Å². The molecule has 21 heavy (non-hydrogen) atoms. The first-order chi connectivity index (χ1) is 10.2. The van der Waals surface area contributed by atoms with Gasteiger partial charge in [0, 0.05) is 24.2 Å². The van der Waals surface area contributed by atoms with Crippen LogP contribution in [0.1, 0.15) is 22.4 Å². The Hall–Kier alpha value is -1.30. The summed E-state index contributed by atoms with van der Waals surface area (Å²) in [6, 6.07) is 3.81. The van der Waals surface area contributed by atoms with E-state index in [4.69, 9.17) is 21.1 Å². The van der Waals surface area contributed by atoms with Crippen LogP contribution in [0.25, 0.3) is 0 Å². The lowest BCUT2D eigenvalue weighted by molar-refractivity contribution is 0.354. The molecule has 2 rings (SSSR count). The summed E-state index contributed by atoms with van der Waals surface area (Å²) in [5.41, 5.74) is 1.05.